The molecule has 0 saturated carbocycles. The first kappa shape index (κ1) is 35.6. The number of benzene rings is 4. The maximum absolute atomic E-state index is 6.78. The van der Waals surface area contributed by atoms with Crippen LogP contribution in [0.4, 0.5) is 17.1 Å². The Morgan fingerprint density at radius 3 is 2.43 bits per heavy atom. The topological polar surface area (TPSA) is 42.6 Å². The molecule has 0 radical (unpaired) electrons. The molecule has 5 nitrogen and oxygen atoms in total. The second kappa shape index (κ2) is 12.3. The first-order valence-corrected chi connectivity index (χ1v) is 18.6. The summed E-state index contributed by atoms with van der Waals surface area (Å²) in [6, 6.07) is 36.4. The molecule has 0 bridgehead atoms. The Kier molecular flexibility index (Phi) is 8.24. The van der Waals surface area contributed by atoms with E-state index in [1.54, 1.807) is 0 Å². The minimum Gasteiger partial charge on any atom is -0.508 e. The minimum absolute atomic E-state index is 0. The quantitative estimate of drug-likeness (QED) is 0.131. The van der Waals surface area contributed by atoms with E-state index in [-0.39, 0.29) is 37.4 Å². The average molecular weight is 878 g/mol. The molecule has 4 heterocycles. The SMILES string of the molecule is Cc1cc(C2=N[C@]3(C)CCCC=C[C@]3(C)O2)[c-]c(N2c3[c-]c4c(cc3C(C)(C)c3ccccc32)c2ccccc2n4-c2cc(C(C)(C)C)ccn2)c1.[Pt+2]. The van der Waals surface area contributed by atoms with Crippen LogP contribution in [0.1, 0.15) is 95.5 Å². The van der Waals surface area contributed by atoms with Gasteiger partial charge in [0.15, 0.2) is 0 Å². The summed E-state index contributed by atoms with van der Waals surface area (Å²) in [5, 5.41) is 2.36. The fourth-order valence-corrected chi connectivity index (χ4v) is 8.64. The Hall–Kier alpha value is -4.47. The Bertz CT molecular complexity index is 2500. The number of aliphatic imine (C=N–C) groups is 1. The smallest absolute Gasteiger partial charge is 0.508 e. The van der Waals surface area contributed by atoms with E-state index in [4.69, 9.17) is 14.7 Å². The Labute approximate surface area is 328 Å². The predicted octanol–water partition coefficient (Wildman–Crippen LogP) is 11.5. The van der Waals surface area contributed by atoms with Gasteiger partial charge in [0.05, 0.1) is 5.54 Å². The molecule has 270 valence electrons. The van der Waals surface area contributed by atoms with Crippen LogP contribution in [0, 0.1) is 19.1 Å². The molecule has 2 atom stereocenters. The van der Waals surface area contributed by atoms with E-state index in [1.165, 1.54) is 27.5 Å². The van der Waals surface area contributed by atoms with Gasteiger partial charge < -0.3 is 14.2 Å². The number of aromatic nitrogens is 2. The summed E-state index contributed by atoms with van der Waals surface area (Å²) in [7, 11) is 0. The summed E-state index contributed by atoms with van der Waals surface area (Å²) in [6.45, 7) is 18.0. The number of rotatable bonds is 3. The van der Waals surface area contributed by atoms with Crippen molar-refractivity contribution in [2.24, 2.45) is 4.99 Å². The molecule has 3 aliphatic rings. The molecule has 53 heavy (non-hydrogen) atoms. The molecular weight excluding hydrogens is 832 g/mol. The fraction of sp³-hybridized carbons (Fsp3) is 0.319. The molecule has 2 aromatic heterocycles. The van der Waals surface area contributed by atoms with E-state index in [0.29, 0.717) is 5.90 Å². The number of ether oxygens (including phenoxy) is 1. The van der Waals surface area contributed by atoms with Crippen molar-refractivity contribution in [1.82, 2.24) is 9.55 Å². The normalized spacial score (nSPS) is 21.7. The van der Waals surface area contributed by atoms with Crippen LogP contribution in [0.2, 0.25) is 0 Å². The van der Waals surface area contributed by atoms with Crippen molar-refractivity contribution in [2.45, 2.75) is 96.6 Å². The van der Waals surface area contributed by atoms with Gasteiger partial charge in [-0.2, -0.15) is 6.07 Å². The van der Waals surface area contributed by atoms with Gasteiger partial charge in [-0.1, -0.05) is 101 Å². The largest absolute Gasteiger partial charge is 2.00 e. The van der Waals surface area contributed by atoms with Crippen molar-refractivity contribution < 1.29 is 25.8 Å². The summed E-state index contributed by atoms with van der Waals surface area (Å²) in [5.41, 5.74) is 9.80. The number of hydrogen-bond donors (Lipinski definition) is 0. The first-order valence-electron chi connectivity index (χ1n) is 18.6. The number of allylic oxidation sites excluding steroid dienone is 1. The van der Waals surface area contributed by atoms with Gasteiger partial charge in [0.1, 0.15) is 17.3 Å². The van der Waals surface area contributed by atoms with E-state index in [0.717, 1.165) is 64.3 Å². The zero-order valence-electron chi connectivity index (χ0n) is 31.9. The van der Waals surface area contributed by atoms with Crippen LogP contribution in [-0.4, -0.2) is 26.6 Å². The maximum atomic E-state index is 6.78. The summed E-state index contributed by atoms with van der Waals surface area (Å²) in [5.74, 6) is 1.56. The predicted molar refractivity (Wildman–Crippen MR) is 214 cm³/mol. The van der Waals surface area contributed by atoms with Crippen LogP contribution in [-0.2, 0) is 36.6 Å². The van der Waals surface area contributed by atoms with Gasteiger partial charge in [-0.05, 0) is 96.5 Å². The summed E-state index contributed by atoms with van der Waals surface area (Å²) < 4.78 is 9.07. The number of para-hydroxylation sites is 2. The molecule has 0 unspecified atom stereocenters. The zero-order chi connectivity index (χ0) is 36.2. The molecule has 0 fully saturated rings. The third kappa shape index (κ3) is 5.44. The molecule has 0 N–H and O–H groups in total. The van der Waals surface area contributed by atoms with E-state index in [9.17, 15) is 0 Å². The zero-order valence-corrected chi connectivity index (χ0v) is 34.1. The van der Waals surface area contributed by atoms with Crippen LogP contribution in [0.15, 0.2) is 102 Å². The third-order valence-corrected chi connectivity index (χ3v) is 11.9. The Morgan fingerprint density at radius 2 is 1.62 bits per heavy atom. The van der Waals surface area contributed by atoms with Gasteiger partial charge in [-0.3, -0.25) is 4.99 Å². The summed E-state index contributed by atoms with van der Waals surface area (Å²) >= 11 is 0. The molecule has 0 spiro atoms. The van der Waals surface area contributed by atoms with Crippen molar-refractivity contribution in [2.75, 3.05) is 4.90 Å². The van der Waals surface area contributed by atoms with Gasteiger partial charge in [0.25, 0.3) is 0 Å². The van der Waals surface area contributed by atoms with E-state index >= 15 is 0 Å². The minimum atomic E-state index is -0.490. The van der Waals surface area contributed by atoms with Crippen LogP contribution in [0.5, 0.6) is 0 Å². The molecule has 4 aromatic carbocycles. The second-order valence-corrected chi connectivity index (χ2v) is 16.9. The summed E-state index contributed by atoms with van der Waals surface area (Å²) in [6.07, 6.45) is 9.55. The number of aryl methyl sites for hydroxylation is 1. The molecule has 6 aromatic rings. The molecular formula is C47H46N4OPt. The van der Waals surface area contributed by atoms with Gasteiger partial charge >= 0.3 is 21.1 Å². The van der Waals surface area contributed by atoms with Crippen molar-refractivity contribution in [3.05, 3.63) is 137 Å². The van der Waals surface area contributed by atoms with Crippen molar-refractivity contribution in [1.29, 1.82) is 0 Å². The van der Waals surface area contributed by atoms with Crippen LogP contribution in [0.25, 0.3) is 27.6 Å². The second-order valence-electron chi connectivity index (χ2n) is 16.9. The summed E-state index contributed by atoms with van der Waals surface area (Å²) in [4.78, 5) is 12.6. The standard InChI is InChI=1S/C47H46N4O.Pt/c1-30-24-31(43-49-46(7)21-14-9-15-22-47(46,8)52-43)26-33(25-30)50-39-19-13-11-17-36(39)45(5,6)37-28-35-34-16-10-12-18-38(34)51(40(35)29-41(37)50)42-27-32(20-23-48-42)44(2,3)4;/h10-13,15-20,22-25,27-28H,9,14,21H2,1-8H3;/q-2;+2/t46-,47+;/m1./s1. The number of anilines is 3. The number of fused-ring (bicyclic) bond motifs is 6. The van der Waals surface area contributed by atoms with Crippen molar-refractivity contribution in [3.63, 3.8) is 0 Å². The third-order valence-electron chi connectivity index (χ3n) is 11.9. The van der Waals surface area contributed by atoms with Crippen LogP contribution in [0.3, 0.4) is 0 Å². The molecule has 9 rings (SSSR count). The van der Waals surface area contributed by atoms with Crippen LogP contribution >= 0.6 is 0 Å². The number of nitrogens with zero attached hydrogens (tertiary/aromatic N) is 4. The Balaban J connectivity index is 0.00000400. The van der Waals surface area contributed by atoms with Gasteiger partial charge in [0, 0.05) is 17.4 Å². The number of pyridine rings is 1. The van der Waals surface area contributed by atoms with Crippen LogP contribution < -0.4 is 4.90 Å². The first-order chi connectivity index (χ1) is 24.8. The van der Waals surface area contributed by atoms with E-state index in [1.807, 2.05) is 6.20 Å². The van der Waals surface area contributed by atoms with Gasteiger partial charge in [-0.25, -0.2) is 4.98 Å². The molecule has 1 aliphatic carbocycles. The van der Waals surface area contributed by atoms with Crippen molar-refractivity contribution >= 4 is 44.8 Å². The Morgan fingerprint density at radius 1 is 0.849 bits per heavy atom. The molecule has 2 aliphatic heterocycles. The van der Waals surface area contributed by atoms with E-state index < -0.39 is 5.60 Å². The molecule has 0 amide bonds. The average Bonchev–Trinajstić information content (AvgIpc) is 3.52. The molecule has 6 heteroatoms. The van der Waals surface area contributed by atoms with Gasteiger partial charge in [0.2, 0.25) is 0 Å². The number of hydrogen-bond acceptors (Lipinski definition) is 4. The molecule has 0 saturated heterocycles. The van der Waals surface area contributed by atoms with Gasteiger partial charge in [-0.15, -0.1) is 40.8 Å². The fourth-order valence-electron chi connectivity index (χ4n) is 8.64. The van der Waals surface area contributed by atoms with E-state index in [2.05, 4.69) is 168 Å². The maximum Gasteiger partial charge on any atom is 2.00 e. The van der Waals surface area contributed by atoms with Crippen molar-refractivity contribution in [3.8, 4) is 5.82 Å². The monoisotopic (exact) mass is 877 g/mol.